The topological polar surface area (TPSA) is 113 Å². The number of aromatic hydroxyl groups is 2. The van der Waals surface area contributed by atoms with Gasteiger partial charge in [-0.15, -0.1) is 0 Å². The predicted molar refractivity (Wildman–Crippen MR) is 140 cm³/mol. The van der Waals surface area contributed by atoms with Gasteiger partial charge in [0.15, 0.2) is 0 Å². The molecule has 0 aliphatic heterocycles. The van der Waals surface area contributed by atoms with Crippen molar-refractivity contribution in [1.82, 2.24) is 0 Å². The molecular formula is C29H42O7. The number of benzene rings is 2. The Morgan fingerprint density at radius 3 is 1.42 bits per heavy atom. The molecule has 0 aromatic heterocycles. The van der Waals surface area contributed by atoms with E-state index in [4.69, 9.17) is 14.6 Å². The molecule has 0 spiro atoms. The molecule has 0 unspecified atom stereocenters. The second-order valence-corrected chi connectivity index (χ2v) is 10.3. The third-order valence-electron chi connectivity index (χ3n) is 5.36. The second-order valence-electron chi connectivity index (χ2n) is 10.3. The predicted octanol–water partition coefficient (Wildman–Crippen LogP) is 5.01. The smallest absolute Gasteiger partial charge is 0.306 e. The minimum atomic E-state index is -0.317. The van der Waals surface area contributed by atoms with Gasteiger partial charge in [-0.25, -0.2) is 0 Å². The molecule has 0 aliphatic rings. The van der Waals surface area contributed by atoms with Crippen molar-refractivity contribution >= 4 is 11.9 Å². The minimum absolute atomic E-state index is 0.00136. The van der Waals surface area contributed by atoms with Crippen LogP contribution in [0.25, 0.3) is 0 Å². The summed E-state index contributed by atoms with van der Waals surface area (Å²) in [6.45, 7) is 13.8. The summed E-state index contributed by atoms with van der Waals surface area (Å²) in [4.78, 5) is 22.9. The maximum atomic E-state index is 11.6. The van der Waals surface area contributed by atoms with E-state index in [2.05, 4.69) is 0 Å². The summed E-state index contributed by atoms with van der Waals surface area (Å²) in [5.74, 6) is 0.149. The van der Waals surface area contributed by atoms with Gasteiger partial charge in [0.25, 0.3) is 0 Å². The number of phenols is 2. The van der Waals surface area contributed by atoms with Crippen LogP contribution in [-0.4, -0.2) is 47.1 Å². The number of phenolic OH excluding ortho intramolecular Hbond substituents is 2. The molecular weight excluding hydrogens is 460 g/mol. The summed E-state index contributed by atoms with van der Waals surface area (Å²) in [6, 6.07) is 7.56. The van der Waals surface area contributed by atoms with E-state index in [1.807, 2.05) is 72.7 Å². The molecule has 0 atom stereocenters. The highest BCUT2D eigenvalue weighted by Crippen LogP contribution is 2.24. The van der Waals surface area contributed by atoms with Crippen LogP contribution in [0.15, 0.2) is 24.3 Å². The summed E-state index contributed by atoms with van der Waals surface area (Å²) in [5.41, 5.74) is 5.37. The number of aliphatic hydroxyl groups is 1. The highest BCUT2D eigenvalue weighted by atomic mass is 16.5. The van der Waals surface area contributed by atoms with Crippen molar-refractivity contribution in [2.24, 2.45) is 5.41 Å². The lowest BCUT2D eigenvalue weighted by atomic mass is 9.98. The first-order valence-corrected chi connectivity index (χ1v) is 12.2. The van der Waals surface area contributed by atoms with Crippen molar-refractivity contribution < 1.29 is 34.4 Å². The lowest BCUT2D eigenvalue weighted by Gasteiger charge is -2.17. The highest BCUT2D eigenvalue weighted by Gasteiger charge is 2.14. The lowest BCUT2D eigenvalue weighted by molar-refractivity contribution is -0.146. The van der Waals surface area contributed by atoms with E-state index in [1.54, 1.807) is 0 Å². The third-order valence-corrected chi connectivity index (χ3v) is 5.36. The fourth-order valence-corrected chi connectivity index (χ4v) is 3.47. The van der Waals surface area contributed by atoms with Gasteiger partial charge in [-0.3, -0.25) is 9.59 Å². The minimum Gasteiger partial charge on any atom is -0.507 e. The number of aliphatic hydroxyl groups excluding tert-OH is 1. The molecule has 3 N–H and O–H groups in total. The third kappa shape index (κ3) is 11.6. The molecule has 7 nitrogen and oxygen atoms in total. The van der Waals surface area contributed by atoms with Gasteiger partial charge in [0.2, 0.25) is 0 Å². The van der Waals surface area contributed by atoms with Crippen molar-refractivity contribution in [2.45, 2.75) is 74.1 Å². The maximum absolute atomic E-state index is 11.6. The fourth-order valence-electron chi connectivity index (χ4n) is 3.47. The van der Waals surface area contributed by atoms with Crippen LogP contribution in [0.4, 0.5) is 0 Å². The van der Waals surface area contributed by atoms with Gasteiger partial charge in [-0.1, -0.05) is 45.0 Å². The van der Waals surface area contributed by atoms with Gasteiger partial charge < -0.3 is 24.8 Å². The van der Waals surface area contributed by atoms with Gasteiger partial charge in [-0.05, 0) is 79.3 Å². The first kappa shape index (κ1) is 31.0. The first-order valence-electron chi connectivity index (χ1n) is 12.2. The number of ether oxygens (including phenoxy) is 2. The summed E-state index contributed by atoms with van der Waals surface area (Å²) < 4.78 is 9.98. The second kappa shape index (κ2) is 14.5. The molecule has 7 heteroatoms. The number of esters is 2. The molecule has 0 saturated carbocycles. The Kier molecular flexibility index (Phi) is 12.5. The van der Waals surface area contributed by atoms with E-state index >= 15 is 0 Å². The molecule has 36 heavy (non-hydrogen) atoms. The van der Waals surface area contributed by atoms with E-state index in [0.29, 0.717) is 37.4 Å². The molecule has 0 aliphatic carbocycles. The van der Waals surface area contributed by atoms with Crippen LogP contribution >= 0.6 is 0 Å². The number of carbonyl (C=O) groups is 2. The van der Waals surface area contributed by atoms with Gasteiger partial charge in [0.05, 0.1) is 13.2 Å². The standard InChI is InChI=1S/C16H24O3.C13H18O4/c1-11-8-13(9-12(2)15(11)18)6-7-14(17)19-10-16(3,4)5;1-9-7-11(8-10(2)13(9)16)3-4-12(15)17-6-5-14/h8-9,18H,6-7,10H2,1-5H3;7-8,14,16H,3-6H2,1-2H3. The van der Waals surface area contributed by atoms with Gasteiger partial charge in [0.1, 0.15) is 18.1 Å². The maximum Gasteiger partial charge on any atom is 0.306 e. The average molecular weight is 503 g/mol. The summed E-state index contributed by atoms with van der Waals surface area (Å²) in [5, 5.41) is 27.8. The average Bonchev–Trinajstić information content (AvgIpc) is 2.80. The molecule has 200 valence electrons. The molecule has 0 saturated heterocycles. The highest BCUT2D eigenvalue weighted by molar-refractivity contribution is 5.70. The Balaban J connectivity index is 0.000000362. The van der Waals surface area contributed by atoms with Crippen LogP contribution in [0.3, 0.4) is 0 Å². The zero-order valence-electron chi connectivity index (χ0n) is 22.7. The number of aryl methyl sites for hydroxylation is 6. The van der Waals surface area contributed by atoms with Crippen molar-refractivity contribution in [2.75, 3.05) is 19.8 Å². The molecule has 0 radical (unpaired) electrons. The lowest BCUT2D eigenvalue weighted by Crippen LogP contribution is -2.18. The van der Waals surface area contributed by atoms with E-state index in [-0.39, 0.29) is 37.0 Å². The van der Waals surface area contributed by atoms with Gasteiger partial charge in [-0.2, -0.15) is 0 Å². The fraction of sp³-hybridized carbons (Fsp3) is 0.517. The Bertz CT molecular complexity index is 973. The van der Waals surface area contributed by atoms with Crippen LogP contribution in [0.1, 0.15) is 67.0 Å². The number of rotatable bonds is 9. The Hall–Kier alpha value is -3.06. The Morgan fingerprint density at radius 2 is 1.08 bits per heavy atom. The van der Waals surface area contributed by atoms with Crippen molar-refractivity contribution in [1.29, 1.82) is 0 Å². The number of hydrogen-bond acceptors (Lipinski definition) is 7. The van der Waals surface area contributed by atoms with Crippen LogP contribution in [0, 0.1) is 33.1 Å². The Labute approximate surface area is 215 Å². The molecule has 2 aromatic rings. The largest absolute Gasteiger partial charge is 0.507 e. The number of hydrogen-bond donors (Lipinski definition) is 3. The van der Waals surface area contributed by atoms with E-state index in [9.17, 15) is 19.8 Å². The summed E-state index contributed by atoms with van der Waals surface area (Å²) in [7, 11) is 0. The number of carbonyl (C=O) groups excluding carboxylic acids is 2. The van der Waals surface area contributed by atoms with Crippen LogP contribution in [0.5, 0.6) is 11.5 Å². The monoisotopic (exact) mass is 502 g/mol. The van der Waals surface area contributed by atoms with Crippen molar-refractivity contribution in [3.63, 3.8) is 0 Å². The zero-order chi connectivity index (χ0) is 27.5. The normalized spacial score (nSPS) is 10.9. The van der Waals surface area contributed by atoms with Gasteiger partial charge >= 0.3 is 11.9 Å². The van der Waals surface area contributed by atoms with Crippen LogP contribution < -0.4 is 0 Å². The molecule has 2 rings (SSSR count). The van der Waals surface area contributed by atoms with Crippen molar-refractivity contribution in [3.8, 4) is 11.5 Å². The quantitative estimate of drug-likeness (QED) is 0.413. The van der Waals surface area contributed by atoms with E-state index in [1.165, 1.54) is 0 Å². The Morgan fingerprint density at radius 1 is 0.722 bits per heavy atom. The van der Waals surface area contributed by atoms with Crippen LogP contribution in [0.2, 0.25) is 0 Å². The van der Waals surface area contributed by atoms with Gasteiger partial charge in [0, 0.05) is 12.8 Å². The molecule has 0 bridgehead atoms. The molecule has 0 amide bonds. The van der Waals surface area contributed by atoms with Crippen molar-refractivity contribution in [3.05, 3.63) is 57.6 Å². The molecule has 0 heterocycles. The van der Waals surface area contributed by atoms with Crippen LogP contribution in [-0.2, 0) is 31.9 Å². The summed E-state index contributed by atoms with van der Waals surface area (Å²) in [6.07, 6.45) is 1.88. The van der Waals surface area contributed by atoms with E-state index in [0.717, 1.165) is 33.4 Å². The molecule has 0 fully saturated rings. The SMILES string of the molecule is Cc1cc(CCC(=O)OCC(C)(C)C)cc(C)c1O.Cc1cc(CCC(=O)OCCO)cc(C)c1O. The first-order chi connectivity index (χ1) is 16.7. The summed E-state index contributed by atoms with van der Waals surface area (Å²) >= 11 is 0. The zero-order valence-corrected chi connectivity index (χ0v) is 22.7. The van der Waals surface area contributed by atoms with E-state index < -0.39 is 0 Å². The molecule has 2 aromatic carbocycles.